The average Bonchev–Trinajstić information content (AvgIpc) is 2.89. The molecular weight excluding hydrogens is 232 g/mol. The lowest BCUT2D eigenvalue weighted by Gasteiger charge is -2.20. The number of fused-ring (bicyclic) bond motifs is 1. The number of aryl methyl sites for hydroxylation is 1. The Morgan fingerprint density at radius 3 is 3.29 bits per heavy atom. The Morgan fingerprint density at radius 2 is 2.41 bits per heavy atom. The minimum atomic E-state index is 0.543. The van der Waals surface area contributed by atoms with Crippen LogP contribution in [0.5, 0.6) is 5.75 Å². The van der Waals surface area contributed by atoms with Crippen LogP contribution in [-0.2, 0) is 13.0 Å². The zero-order chi connectivity index (χ0) is 11.5. The lowest BCUT2D eigenvalue weighted by atomic mass is 10.0. The van der Waals surface area contributed by atoms with Crippen LogP contribution in [0.4, 0.5) is 5.69 Å². The third-order valence-corrected chi connectivity index (χ3v) is 3.53. The Balaban J connectivity index is 1.78. The fraction of sp³-hybridized carbons (Fsp3) is 0.308. The van der Waals surface area contributed by atoms with Crippen LogP contribution in [0.1, 0.15) is 17.7 Å². The van der Waals surface area contributed by atoms with Crippen molar-refractivity contribution >= 4 is 17.0 Å². The summed E-state index contributed by atoms with van der Waals surface area (Å²) in [6, 6.07) is 6.24. The maximum Gasteiger partial charge on any atom is 0.143 e. The molecule has 1 N–H and O–H groups in total. The van der Waals surface area contributed by atoms with E-state index in [1.807, 2.05) is 17.0 Å². The van der Waals surface area contributed by atoms with Gasteiger partial charge in [0.2, 0.25) is 0 Å². The summed E-state index contributed by atoms with van der Waals surface area (Å²) in [5.41, 5.74) is 5.33. The highest BCUT2D eigenvalue weighted by Gasteiger charge is 2.13. The number of para-hydroxylation sites is 1. The first kappa shape index (κ1) is 10.6. The normalized spacial score (nSPS) is 13.9. The van der Waals surface area contributed by atoms with E-state index in [0.29, 0.717) is 6.61 Å². The van der Waals surface area contributed by atoms with E-state index in [-0.39, 0.29) is 0 Å². The molecule has 4 heteroatoms. The van der Waals surface area contributed by atoms with Gasteiger partial charge in [0.15, 0.2) is 0 Å². The van der Waals surface area contributed by atoms with Crippen molar-refractivity contribution in [2.75, 3.05) is 11.9 Å². The molecule has 1 aliphatic rings. The molecule has 3 rings (SSSR count). The second kappa shape index (κ2) is 4.75. The molecular formula is C13H14N2OS. The molecule has 2 heterocycles. The van der Waals surface area contributed by atoms with Crippen LogP contribution in [-0.4, -0.2) is 11.5 Å². The number of aromatic nitrogens is 1. The van der Waals surface area contributed by atoms with Crippen LogP contribution < -0.4 is 10.1 Å². The molecule has 0 spiro atoms. The minimum absolute atomic E-state index is 0.543. The summed E-state index contributed by atoms with van der Waals surface area (Å²) in [6.07, 6.45) is 2.33. The van der Waals surface area contributed by atoms with Gasteiger partial charge >= 0.3 is 0 Å². The largest absolute Gasteiger partial charge is 0.485 e. The molecule has 1 aliphatic heterocycles. The van der Waals surface area contributed by atoms with E-state index in [9.17, 15) is 0 Å². The highest BCUT2D eigenvalue weighted by atomic mass is 32.1. The Bertz CT molecular complexity index is 496. The first-order chi connectivity index (χ1) is 8.43. The van der Waals surface area contributed by atoms with Crippen LogP contribution in [0.25, 0.3) is 0 Å². The summed E-state index contributed by atoms with van der Waals surface area (Å²) in [5.74, 6) is 0.940. The lowest BCUT2D eigenvalue weighted by molar-refractivity contribution is 0.303. The Morgan fingerprint density at radius 1 is 1.41 bits per heavy atom. The molecule has 0 aliphatic carbocycles. The number of hydrogen-bond acceptors (Lipinski definition) is 4. The molecule has 17 heavy (non-hydrogen) atoms. The quantitative estimate of drug-likeness (QED) is 0.903. The van der Waals surface area contributed by atoms with E-state index in [4.69, 9.17) is 4.74 Å². The van der Waals surface area contributed by atoms with Gasteiger partial charge in [0.05, 0.1) is 16.9 Å². The van der Waals surface area contributed by atoms with E-state index < -0.39 is 0 Å². The van der Waals surface area contributed by atoms with Crippen LogP contribution in [0.15, 0.2) is 29.1 Å². The molecule has 0 fully saturated rings. The first-order valence-electron chi connectivity index (χ1n) is 5.79. The highest BCUT2D eigenvalue weighted by molar-refractivity contribution is 7.07. The van der Waals surface area contributed by atoms with Crippen LogP contribution in [0.3, 0.4) is 0 Å². The molecule has 2 aromatic rings. The van der Waals surface area contributed by atoms with Gasteiger partial charge in [0.25, 0.3) is 0 Å². The van der Waals surface area contributed by atoms with Crippen LogP contribution in [0, 0.1) is 0 Å². The molecule has 0 atom stereocenters. The number of rotatable bonds is 3. The van der Waals surface area contributed by atoms with Crippen molar-refractivity contribution in [1.82, 2.24) is 4.98 Å². The number of thiazole rings is 1. The second-order valence-electron chi connectivity index (χ2n) is 4.09. The van der Waals surface area contributed by atoms with Crippen molar-refractivity contribution in [3.05, 3.63) is 40.3 Å². The smallest absolute Gasteiger partial charge is 0.143 e. The second-order valence-corrected chi connectivity index (χ2v) is 4.81. The molecule has 3 nitrogen and oxygen atoms in total. The molecule has 0 saturated heterocycles. The zero-order valence-corrected chi connectivity index (χ0v) is 10.3. The molecule has 88 valence electrons. The van der Waals surface area contributed by atoms with E-state index in [1.165, 1.54) is 12.0 Å². The predicted octanol–water partition coefficient (Wildman–Crippen LogP) is 3.08. The summed E-state index contributed by atoms with van der Waals surface area (Å²) >= 11 is 1.60. The molecule has 0 radical (unpaired) electrons. The first-order valence-corrected chi connectivity index (χ1v) is 6.73. The van der Waals surface area contributed by atoms with Gasteiger partial charge < -0.3 is 10.1 Å². The Kier molecular flexibility index (Phi) is 2.96. The van der Waals surface area contributed by atoms with Crippen molar-refractivity contribution in [2.24, 2.45) is 0 Å². The van der Waals surface area contributed by atoms with Gasteiger partial charge in [0.1, 0.15) is 12.4 Å². The molecule has 0 amide bonds. The summed E-state index contributed by atoms with van der Waals surface area (Å²) in [7, 11) is 0. The van der Waals surface area contributed by atoms with Gasteiger partial charge in [-0.1, -0.05) is 12.1 Å². The van der Waals surface area contributed by atoms with Crippen molar-refractivity contribution in [3.8, 4) is 5.75 Å². The van der Waals surface area contributed by atoms with Crippen molar-refractivity contribution < 1.29 is 4.74 Å². The van der Waals surface area contributed by atoms with Crippen LogP contribution >= 0.6 is 11.3 Å². The molecule has 0 bridgehead atoms. The fourth-order valence-corrected chi connectivity index (χ4v) is 2.60. The number of nitrogens with one attached hydrogen (secondary N) is 1. The summed E-state index contributed by atoms with van der Waals surface area (Å²) in [6.45, 7) is 1.58. The highest BCUT2D eigenvalue weighted by Crippen LogP contribution is 2.32. The summed E-state index contributed by atoms with van der Waals surface area (Å²) in [5, 5.41) is 5.44. The standard InChI is InChI=1S/C13H14N2OS/c1-3-10-4-2-6-14-13(10)12(5-1)16-7-11-8-17-9-15-11/h1,3,5,8-9,14H,2,4,6-7H2. The number of hydrogen-bond donors (Lipinski definition) is 1. The van der Waals surface area contributed by atoms with Crippen LogP contribution in [0.2, 0.25) is 0 Å². The van der Waals surface area contributed by atoms with Gasteiger partial charge in [-0.2, -0.15) is 0 Å². The third-order valence-electron chi connectivity index (χ3n) is 2.90. The van der Waals surface area contributed by atoms with Gasteiger partial charge in [-0.05, 0) is 24.5 Å². The topological polar surface area (TPSA) is 34.1 Å². The number of nitrogens with zero attached hydrogens (tertiary/aromatic N) is 1. The van der Waals surface area contributed by atoms with E-state index in [2.05, 4.69) is 22.4 Å². The van der Waals surface area contributed by atoms with Gasteiger partial charge in [0, 0.05) is 11.9 Å². The number of anilines is 1. The molecule has 0 saturated carbocycles. The predicted molar refractivity (Wildman–Crippen MR) is 69.7 cm³/mol. The van der Waals surface area contributed by atoms with E-state index in [0.717, 1.165) is 30.1 Å². The maximum absolute atomic E-state index is 5.83. The average molecular weight is 246 g/mol. The fourth-order valence-electron chi connectivity index (χ4n) is 2.06. The van der Waals surface area contributed by atoms with Crippen molar-refractivity contribution in [3.63, 3.8) is 0 Å². The Labute approximate surface area is 104 Å². The third kappa shape index (κ3) is 2.26. The molecule has 1 aromatic carbocycles. The summed E-state index contributed by atoms with van der Waals surface area (Å²) in [4.78, 5) is 4.22. The SMILES string of the molecule is c1cc2c(c(OCc3cscn3)c1)NCCC2. The van der Waals surface area contributed by atoms with E-state index >= 15 is 0 Å². The summed E-state index contributed by atoms with van der Waals surface area (Å²) < 4.78 is 5.83. The maximum atomic E-state index is 5.83. The van der Waals surface area contributed by atoms with Crippen molar-refractivity contribution in [2.45, 2.75) is 19.4 Å². The lowest BCUT2D eigenvalue weighted by Crippen LogP contribution is -2.13. The number of ether oxygens (including phenoxy) is 1. The van der Waals surface area contributed by atoms with Gasteiger partial charge in [-0.15, -0.1) is 11.3 Å². The Hall–Kier alpha value is -1.55. The zero-order valence-electron chi connectivity index (χ0n) is 9.48. The number of benzene rings is 1. The van der Waals surface area contributed by atoms with E-state index in [1.54, 1.807) is 11.3 Å². The van der Waals surface area contributed by atoms with Gasteiger partial charge in [-0.3, -0.25) is 0 Å². The van der Waals surface area contributed by atoms with Gasteiger partial charge in [-0.25, -0.2) is 4.98 Å². The molecule has 1 aromatic heterocycles. The minimum Gasteiger partial charge on any atom is -0.485 e. The monoisotopic (exact) mass is 246 g/mol. The molecule has 0 unspecified atom stereocenters. The van der Waals surface area contributed by atoms with Crippen molar-refractivity contribution in [1.29, 1.82) is 0 Å².